The van der Waals surface area contributed by atoms with Crippen molar-refractivity contribution < 1.29 is 18.7 Å². The van der Waals surface area contributed by atoms with Gasteiger partial charge in [0.15, 0.2) is 0 Å². The smallest absolute Gasteiger partial charge is 0.341 e. The van der Waals surface area contributed by atoms with Gasteiger partial charge in [-0.05, 0) is 48.0 Å². The molecule has 0 aliphatic rings. The van der Waals surface area contributed by atoms with E-state index in [2.05, 4.69) is 15.3 Å². The molecule has 0 saturated carbocycles. The van der Waals surface area contributed by atoms with Crippen molar-refractivity contribution >= 4 is 28.4 Å². The Balaban J connectivity index is 1.61. The van der Waals surface area contributed by atoms with E-state index in [1.807, 2.05) is 30.3 Å². The average molecular weight is 406 g/mol. The van der Waals surface area contributed by atoms with Crippen LogP contribution in [0.4, 0.5) is 20.3 Å². The Morgan fingerprint density at radius 3 is 2.57 bits per heavy atom. The molecule has 2 aromatic heterocycles. The third-order valence-electron chi connectivity index (χ3n) is 4.61. The number of aromatic carboxylic acids is 1. The summed E-state index contributed by atoms with van der Waals surface area (Å²) in [5.41, 5.74) is 7.57. The molecule has 0 bridgehead atoms. The lowest BCUT2D eigenvalue weighted by Gasteiger charge is -2.12. The van der Waals surface area contributed by atoms with E-state index in [9.17, 15) is 13.6 Å². The fourth-order valence-corrected chi connectivity index (χ4v) is 3.12. The topological polar surface area (TPSA) is 101 Å². The first-order chi connectivity index (χ1) is 14.4. The third-order valence-corrected chi connectivity index (χ3v) is 4.61. The van der Waals surface area contributed by atoms with Crippen LogP contribution in [0, 0.1) is 11.6 Å². The van der Waals surface area contributed by atoms with Gasteiger partial charge in [-0.3, -0.25) is 4.98 Å². The molecule has 150 valence electrons. The normalized spacial score (nSPS) is 10.9. The summed E-state index contributed by atoms with van der Waals surface area (Å²) in [4.78, 5) is 19.6. The van der Waals surface area contributed by atoms with E-state index in [1.54, 1.807) is 12.3 Å². The summed E-state index contributed by atoms with van der Waals surface area (Å²) in [5, 5.41) is 13.0. The zero-order chi connectivity index (χ0) is 21.3. The zero-order valence-corrected chi connectivity index (χ0v) is 15.6. The van der Waals surface area contributed by atoms with Crippen LogP contribution in [0.2, 0.25) is 0 Å². The lowest BCUT2D eigenvalue weighted by atomic mass is 10.1. The number of rotatable bonds is 5. The van der Waals surface area contributed by atoms with Crippen LogP contribution < -0.4 is 11.1 Å². The van der Waals surface area contributed by atoms with Gasteiger partial charge in [-0.2, -0.15) is 0 Å². The van der Waals surface area contributed by atoms with Crippen LogP contribution >= 0.6 is 0 Å². The monoisotopic (exact) mass is 406 g/mol. The van der Waals surface area contributed by atoms with Crippen molar-refractivity contribution in [2.24, 2.45) is 0 Å². The number of nitrogen functional groups attached to an aromatic ring is 1. The van der Waals surface area contributed by atoms with Gasteiger partial charge in [0.25, 0.3) is 0 Å². The predicted molar refractivity (Wildman–Crippen MR) is 110 cm³/mol. The van der Waals surface area contributed by atoms with Gasteiger partial charge in [0, 0.05) is 23.7 Å². The number of carboxylic acid groups (broad SMARTS) is 1. The first kappa shape index (κ1) is 19.3. The number of fused-ring (bicyclic) bond motifs is 1. The van der Waals surface area contributed by atoms with Crippen LogP contribution in [0.1, 0.15) is 15.9 Å². The van der Waals surface area contributed by atoms with Crippen LogP contribution in [0.3, 0.4) is 0 Å². The molecule has 0 saturated heterocycles. The van der Waals surface area contributed by atoms with Crippen LogP contribution in [-0.2, 0) is 6.54 Å². The van der Waals surface area contributed by atoms with E-state index in [4.69, 9.17) is 10.8 Å². The molecule has 0 unspecified atom stereocenters. The Bertz CT molecular complexity index is 1250. The Hall–Kier alpha value is -4.07. The molecule has 0 aliphatic heterocycles. The van der Waals surface area contributed by atoms with Gasteiger partial charge in [-0.1, -0.05) is 12.1 Å². The highest BCUT2D eigenvalue weighted by molar-refractivity contribution is 5.89. The molecule has 2 heterocycles. The molecule has 4 rings (SSSR count). The molecule has 0 aliphatic carbocycles. The number of hydrogen-bond acceptors (Lipinski definition) is 5. The van der Waals surface area contributed by atoms with E-state index in [0.717, 1.165) is 28.6 Å². The number of anilines is 2. The maximum atomic E-state index is 14.0. The number of nitrogens with two attached hydrogens (primary N) is 1. The van der Waals surface area contributed by atoms with Crippen LogP contribution in [0.15, 0.2) is 60.8 Å². The summed E-state index contributed by atoms with van der Waals surface area (Å²) in [7, 11) is 0. The first-order valence-corrected chi connectivity index (χ1v) is 8.99. The summed E-state index contributed by atoms with van der Waals surface area (Å²) >= 11 is 0. The molecule has 0 spiro atoms. The van der Waals surface area contributed by atoms with Crippen molar-refractivity contribution in [3.8, 4) is 11.3 Å². The molecule has 0 atom stereocenters. The second-order valence-electron chi connectivity index (χ2n) is 6.64. The molecule has 0 fully saturated rings. The summed E-state index contributed by atoms with van der Waals surface area (Å²) in [6.45, 7) is 0.423. The minimum absolute atomic E-state index is 0.106. The Morgan fingerprint density at radius 2 is 1.83 bits per heavy atom. The van der Waals surface area contributed by atoms with Crippen molar-refractivity contribution in [3.05, 3.63) is 83.6 Å². The maximum Gasteiger partial charge on any atom is 0.341 e. The highest BCUT2D eigenvalue weighted by Gasteiger charge is 2.19. The number of hydrogen-bond donors (Lipinski definition) is 3. The van der Waals surface area contributed by atoms with Gasteiger partial charge in [0.1, 0.15) is 23.0 Å². The van der Waals surface area contributed by atoms with E-state index in [-0.39, 0.29) is 11.3 Å². The van der Waals surface area contributed by atoms with Gasteiger partial charge < -0.3 is 16.2 Å². The van der Waals surface area contributed by atoms with Gasteiger partial charge in [0.2, 0.25) is 0 Å². The van der Waals surface area contributed by atoms with Crippen LogP contribution in [0.25, 0.3) is 22.2 Å². The highest BCUT2D eigenvalue weighted by Crippen LogP contribution is 2.27. The van der Waals surface area contributed by atoms with E-state index >= 15 is 0 Å². The van der Waals surface area contributed by atoms with Crippen molar-refractivity contribution in [1.29, 1.82) is 0 Å². The summed E-state index contributed by atoms with van der Waals surface area (Å²) in [5.74, 6) is -3.66. The molecule has 2 aromatic carbocycles. The van der Waals surface area contributed by atoms with Gasteiger partial charge in [0.05, 0.1) is 16.9 Å². The second-order valence-corrected chi connectivity index (χ2v) is 6.64. The fraction of sp³-hybridized carbons (Fsp3) is 0.0455. The third kappa shape index (κ3) is 3.75. The lowest BCUT2D eigenvalue weighted by molar-refractivity contribution is 0.0686. The second kappa shape index (κ2) is 7.75. The quantitative estimate of drug-likeness (QED) is 0.452. The van der Waals surface area contributed by atoms with Crippen LogP contribution in [-0.4, -0.2) is 21.0 Å². The Labute approximate surface area is 170 Å². The minimum Gasteiger partial charge on any atom is -0.477 e. The van der Waals surface area contributed by atoms with E-state index in [1.165, 1.54) is 6.07 Å². The number of carbonyl (C=O) groups is 1. The fourth-order valence-electron chi connectivity index (χ4n) is 3.12. The summed E-state index contributed by atoms with van der Waals surface area (Å²) in [6.07, 6.45) is 1.73. The molecule has 0 radical (unpaired) electrons. The number of aromatic nitrogens is 2. The minimum atomic E-state index is -1.67. The molecule has 0 amide bonds. The summed E-state index contributed by atoms with van der Waals surface area (Å²) in [6, 6.07) is 14.6. The lowest BCUT2D eigenvalue weighted by Crippen LogP contribution is -2.07. The van der Waals surface area contributed by atoms with E-state index in [0.29, 0.717) is 18.1 Å². The molecule has 6 nitrogen and oxygen atoms in total. The van der Waals surface area contributed by atoms with Crippen LogP contribution in [0.5, 0.6) is 0 Å². The Morgan fingerprint density at radius 1 is 1.07 bits per heavy atom. The number of carboxylic acids is 1. The molecule has 30 heavy (non-hydrogen) atoms. The highest BCUT2D eigenvalue weighted by atomic mass is 19.1. The van der Waals surface area contributed by atoms with Gasteiger partial charge in [-0.25, -0.2) is 18.6 Å². The van der Waals surface area contributed by atoms with Crippen molar-refractivity contribution in [1.82, 2.24) is 9.97 Å². The molecule has 8 heteroatoms. The average Bonchev–Trinajstić information content (AvgIpc) is 2.72. The molecular formula is C22H16F2N4O2. The number of nitrogens with one attached hydrogen (secondary N) is 1. The number of pyridine rings is 2. The predicted octanol–water partition coefficient (Wildman–Crippen LogP) is 4.47. The number of benzene rings is 2. The van der Waals surface area contributed by atoms with Crippen molar-refractivity contribution in [3.63, 3.8) is 0 Å². The van der Waals surface area contributed by atoms with Crippen molar-refractivity contribution in [2.45, 2.75) is 6.54 Å². The van der Waals surface area contributed by atoms with Gasteiger partial charge >= 0.3 is 5.97 Å². The zero-order valence-electron chi connectivity index (χ0n) is 15.6. The Kier molecular flexibility index (Phi) is 4.97. The molecule has 4 aromatic rings. The number of nitrogens with zero attached hydrogens (tertiary/aromatic N) is 2. The standard InChI is InChI=1S/C22H16F2N4O2/c23-15-9-14(10-16(24)20(15)22(29)30)19-6-4-17(25)21(28-19)27-11-12-3-5-18-13(8-12)2-1-7-26-18/h1-10H,11,25H2,(H,27,28)(H,29,30). The maximum absolute atomic E-state index is 14.0. The number of halogens is 2. The largest absolute Gasteiger partial charge is 0.477 e. The van der Waals surface area contributed by atoms with Crippen molar-refractivity contribution in [2.75, 3.05) is 11.1 Å². The molecule has 4 N–H and O–H groups in total. The van der Waals surface area contributed by atoms with Gasteiger partial charge in [-0.15, -0.1) is 0 Å². The first-order valence-electron chi connectivity index (χ1n) is 8.99. The summed E-state index contributed by atoms with van der Waals surface area (Å²) < 4.78 is 28.1. The SMILES string of the molecule is Nc1ccc(-c2cc(F)c(C(=O)O)c(F)c2)nc1NCc1ccc2ncccc2c1. The molecular weight excluding hydrogens is 390 g/mol. The van der Waals surface area contributed by atoms with E-state index < -0.39 is 23.2 Å².